The van der Waals surface area contributed by atoms with Crippen molar-refractivity contribution in [1.29, 1.82) is 0 Å². The summed E-state index contributed by atoms with van der Waals surface area (Å²) >= 11 is 1.30. The number of carbonyl (C=O) groups is 2. The van der Waals surface area contributed by atoms with Gasteiger partial charge < -0.3 is 9.80 Å². The monoisotopic (exact) mass is 346 g/mol. The standard InChI is InChI=1S/C19H26N2O2S/c1-19(2,3)15-6-4-5-7-16(15)20-8-10-21(11-9-20)18(23)14-12-17(22)24-13-14/h4-7,14H,8-13H2,1-3H3/t14-/m0/s1. The third-order valence-corrected chi connectivity index (χ3v) is 5.91. The number of hydrogen-bond donors (Lipinski definition) is 0. The van der Waals surface area contributed by atoms with Crippen molar-refractivity contribution >= 4 is 28.5 Å². The number of benzene rings is 1. The molecule has 2 saturated heterocycles. The highest BCUT2D eigenvalue weighted by molar-refractivity contribution is 8.14. The Balaban J connectivity index is 1.66. The molecule has 1 amide bonds. The van der Waals surface area contributed by atoms with Crippen molar-refractivity contribution < 1.29 is 9.59 Å². The zero-order valence-electron chi connectivity index (χ0n) is 14.7. The summed E-state index contributed by atoms with van der Waals surface area (Å²) in [6.45, 7) is 9.90. The molecule has 24 heavy (non-hydrogen) atoms. The second-order valence-electron chi connectivity index (χ2n) is 7.66. The molecule has 130 valence electrons. The Morgan fingerprint density at radius 1 is 1.12 bits per heavy atom. The van der Waals surface area contributed by atoms with Gasteiger partial charge in [-0.05, 0) is 17.0 Å². The molecule has 5 heteroatoms. The van der Waals surface area contributed by atoms with Gasteiger partial charge >= 0.3 is 0 Å². The minimum Gasteiger partial charge on any atom is -0.368 e. The summed E-state index contributed by atoms with van der Waals surface area (Å²) in [6, 6.07) is 8.57. The minimum absolute atomic E-state index is 0.101. The molecule has 0 spiro atoms. The Kier molecular flexibility index (Phi) is 4.90. The Bertz CT molecular complexity index is 630. The highest BCUT2D eigenvalue weighted by Crippen LogP contribution is 2.33. The smallest absolute Gasteiger partial charge is 0.227 e. The van der Waals surface area contributed by atoms with Crippen LogP contribution in [0.15, 0.2) is 24.3 Å². The van der Waals surface area contributed by atoms with Crippen LogP contribution >= 0.6 is 11.8 Å². The van der Waals surface area contributed by atoms with E-state index in [4.69, 9.17) is 0 Å². The number of piperazine rings is 1. The average Bonchev–Trinajstić information content (AvgIpc) is 3.00. The van der Waals surface area contributed by atoms with Gasteiger partial charge in [0.05, 0.1) is 5.92 Å². The zero-order chi connectivity index (χ0) is 17.3. The van der Waals surface area contributed by atoms with Gasteiger partial charge in [-0.2, -0.15) is 0 Å². The van der Waals surface area contributed by atoms with E-state index in [1.165, 1.54) is 23.0 Å². The Labute approximate surface area is 148 Å². The maximum Gasteiger partial charge on any atom is 0.227 e. The van der Waals surface area contributed by atoms with Crippen molar-refractivity contribution in [3.8, 4) is 0 Å². The van der Waals surface area contributed by atoms with Gasteiger partial charge in [0.1, 0.15) is 0 Å². The third-order valence-electron chi connectivity index (χ3n) is 4.85. The topological polar surface area (TPSA) is 40.6 Å². The molecule has 0 aliphatic carbocycles. The maximum atomic E-state index is 12.6. The predicted molar refractivity (Wildman–Crippen MR) is 99.5 cm³/mol. The molecule has 1 aromatic carbocycles. The molecule has 0 bridgehead atoms. The molecule has 0 radical (unpaired) electrons. The van der Waals surface area contributed by atoms with E-state index in [0.29, 0.717) is 12.2 Å². The average molecular weight is 346 g/mol. The fourth-order valence-electron chi connectivity index (χ4n) is 3.48. The van der Waals surface area contributed by atoms with Crippen molar-refractivity contribution in [1.82, 2.24) is 4.90 Å². The van der Waals surface area contributed by atoms with Gasteiger partial charge in [-0.25, -0.2) is 0 Å². The summed E-state index contributed by atoms with van der Waals surface area (Å²) in [6.07, 6.45) is 0.413. The molecule has 2 heterocycles. The second-order valence-corrected chi connectivity index (χ2v) is 8.74. The first kappa shape index (κ1) is 17.3. The van der Waals surface area contributed by atoms with Gasteiger partial charge in [0.15, 0.2) is 5.12 Å². The van der Waals surface area contributed by atoms with Crippen molar-refractivity contribution in [2.24, 2.45) is 5.92 Å². The first-order chi connectivity index (χ1) is 11.4. The van der Waals surface area contributed by atoms with E-state index >= 15 is 0 Å². The molecular weight excluding hydrogens is 320 g/mol. The van der Waals surface area contributed by atoms with E-state index < -0.39 is 0 Å². The molecule has 1 atom stereocenters. The number of carbonyl (C=O) groups excluding carboxylic acids is 2. The van der Waals surface area contributed by atoms with Gasteiger partial charge in [0.2, 0.25) is 5.91 Å². The molecule has 0 N–H and O–H groups in total. The van der Waals surface area contributed by atoms with Crippen molar-refractivity contribution in [3.63, 3.8) is 0 Å². The van der Waals surface area contributed by atoms with Crippen LogP contribution in [0.4, 0.5) is 5.69 Å². The van der Waals surface area contributed by atoms with Gasteiger partial charge in [-0.3, -0.25) is 9.59 Å². The molecule has 0 aromatic heterocycles. The fraction of sp³-hybridized carbons (Fsp3) is 0.579. The van der Waals surface area contributed by atoms with Crippen molar-refractivity contribution in [2.45, 2.75) is 32.6 Å². The Morgan fingerprint density at radius 2 is 1.79 bits per heavy atom. The molecule has 0 saturated carbocycles. The number of para-hydroxylation sites is 1. The van der Waals surface area contributed by atoms with Gasteiger partial charge in [-0.15, -0.1) is 0 Å². The highest BCUT2D eigenvalue weighted by Gasteiger charge is 2.34. The molecule has 1 aromatic rings. The number of rotatable bonds is 2. The van der Waals surface area contributed by atoms with Crippen LogP contribution in [0.1, 0.15) is 32.8 Å². The molecule has 2 aliphatic heterocycles. The molecule has 2 aliphatic rings. The molecule has 2 fully saturated rings. The molecule has 4 nitrogen and oxygen atoms in total. The lowest BCUT2D eigenvalue weighted by Gasteiger charge is -2.39. The number of nitrogens with zero attached hydrogens (tertiary/aromatic N) is 2. The number of amides is 1. The van der Waals surface area contributed by atoms with Crippen LogP contribution in [0.5, 0.6) is 0 Å². The highest BCUT2D eigenvalue weighted by atomic mass is 32.2. The van der Waals surface area contributed by atoms with Crippen LogP contribution in [-0.2, 0) is 15.0 Å². The first-order valence-electron chi connectivity index (χ1n) is 8.65. The van der Waals surface area contributed by atoms with Crippen LogP contribution in [-0.4, -0.2) is 47.9 Å². The Hall–Kier alpha value is -1.49. The number of anilines is 1. The minimum atomic E-state index is -0.101. The molecular formula is C19H26N2O2S. The van der Waals surface area contributed by atoms with E-state index in [0.717, 1.165) is 26.2 Å². The zero-order valence-corrected chi connectivity index (χ0v) is 15.6. The van der Waals surface area contributed by atoms with Crippen LogP contribution in [0.2, 0.25) is 0 Å². The second kappa shape index (κ2) is 6.79. The van der Waals surface area contributed by atoms with E-state index in [2.05, 4.69) is 49.9 Å². The van der Waals surface area contributed by atoms with Gasteiger partial charge in [-0.1, -0.05) is 50.7 Å². The first-order valence-corrected chi connectivity index (χ1v) is 9.63. The van der Waals surface area contributed by atoms with Crippen LogP contribution in [0.3, 0.4) is 0 Å². The molecule has 0 unspecified atom stereocenters. The number of hydrogen-bond acceptors (Lipinski definition) is 4. The summed E-state index contributed by atoms with van der Waals surface area (Å²) in [5, 5.41) is 0.158. The summed E-state index contributed by atoms with van der Waals surface area (Å²) in [5.74, 6) is 0.720. The van der Waals surface area contributed by atoms with E-state index in [1.54, 1.807) is 0 Å². The predicted octanol–water partition coefficient (Wildman–Crippen LogP) is 2.91. The third kappa shape index (κ3) is 3.61. The van der Waals surface area contributed by atoms with Gasteiger partial charge in [0, 0.05) is 44.0 Å². The van der Waals surface area contributed by atoms with E-state index in [-0.39, 0.29) is 22.4 Å². The van der Waals surface area contributed by atoms with Crippen LogP contribution in [0.25, 0.3) is 0 Å². The van der Waals surface area contributed by atoms with E-state index in [1.807, 2.05) is 4.90 Å². The van der Waals surface area contributed by atoms with Crippen LogP contribution < -0.4 is 4.90 Å². The summed E-state index contributed by atoms with van der Waals surface area (Å²) < 4.78 is 0. The fourth-order valence-corrected chi connectivity index (χ4v) is 4.45. The normalized spacial score (nSPS) is 22.1. The van der Waals surface area contributed by atoms with Crippen molar-refractivity contribution in [2.75, 3.05) is 36.8 Å². The summed E-state index contributed by atoms with van der Waals surface area (Å²) in [5.41, 5.74) is 2.73. The van der Waals surface area contributed by atoms with E-state index in [9.17, 15) is 9.59 Å². The SMILES string of the molecule is CC(C)(C)c1ccccc1N1CCN(C(=O)[C@@H]2CSC(=O)C2)CC1. The summed E-state index contributed by atoms with van der Waals surface area (Å²) in [4.78, 5) is 28.3. The quantitative estimate of drug-likeness (QED) is 0.826. The van der Waals surface area contributed by atoms with Crippen LogP contribution in [0, 0.1) is 5.92 Å². The summed E-state index contributed by atoms with van der Waals surface area (Å²) in [7, 11) is 0. The van der Waals surface area contributed by atoms with Gasteiger partial charge in [0.25, 0.3) is 0 Å². The Morgan fingerprint density at radius 3 is 2.38 bits per heavy atom. The van der Waals surface area contributed by atoms with Crippen molar-refractivity contribution in [3.05, 3.63) is 29.8 Å². The lowest BCUT2D eigenvalue weighted by atomic mass is 9.85. The lowest BCUT2D eigenvalue weighted by Crippen LogP contribution is -2.50. The number of thioether (sulfide) groups is 1. The lowest BCUT2D eigenvalue weighted by molar-refractivity contribution is -0.136. The molecule has 3 rings (SSSR count). The maximum absolute atomic E-state index is 12.6. The largest absolute Gasteiger partial charge is 0.368 e.